The van der Waals surface area contributed by atoms with E-state index in [9.17, 15) is 9.59 Å². The van der Waals surface area contributed by atoms with Crippen LogP contribution >= 0.6 is 11.6 Å². The monoisotopic (exact) mass is 476 g/mol. The number of esters is 1. The normalized spacial score (nSPS) is 14.7. The van der Waals surface area contributed by atoms with E-state index in [1.54, 1.807) is 44.2 Å². The molecule has 1 aliphatic heterocycles. The largest absolute Gasteiger partial charge is 0.463 e. The SMILES string of the molecule is C=CCn1c2c(c(Nc3ccc(Cl)cc3)nc1=O)C(c1ccccc1)C(C(=O)OCC)=C(C)N2. The van der Waals surface area contributed by atoms with Gasteiger partial charge in [0.2, 0.25) is 0 Å². The van der Waals surface area contributed by atoms with Crippen molar-refractivity contribution in [2.75, 3.05) is 17.2 Å². The van der Waals surface area contributed by atoms with E-state index < -0.39 is 17.6 Å². The van der Waals surface area contributed by atoms with Gasteiger partial charge in [0.15, 0.2) is 0 Å². The molecule has 34 heavy (non-hydrogen) atoms. The molecule has 174 valence electrons. The number of rotatable bonds is 7. The molecule has 2 heterocycles. The van der Waals surface area contributed by atoms with Crippen LogP contribution in [-0.2, 0) is 16.1 Å². The van der Waals surface area contributed by atoms with Crippen LogP contribution in [0.1, 0.15) is 30.9 Å². The van der Waals surface area contributed by atoms with E-state index in [2.05, 4.69) is 22.2 Å². The molecule has 1 aliphatic rings. The van der Waals surface area contributed by atoms with Crippen molar-refractivity contribution in [3.05, 3.63) is 105 Å². The molecule has 1 aromatic heterocycles. The quantitative estimate of drug-likeness (QED) is 0.359. The molecule has 1 atom stereocenters. The third-order valence-corrected chi connectivity index (χ3v) is 5.80. The first kappa shape index (κ1) is 23.3. The molecule has 0 radical (unpaired) electrons. The Morgan fingerprint density at radius 1 is 1.24 bits per heavy atom. The van der Waals surface area contributed by atoms with Crippen molar-refractivity contribution in [1.29, 1.82) is 0 Å². The molecule has 0 saturated heterocycles. The van der Waals surface area contributed by atoms with Crippen LogP contribution in [0.15, 0.2) is 83.3 Å². The summed E-state index contributed by atoms with van der Waals surface area (Å²) in [5.74, 6) is -0.0459. The maximum absolute atomic E-state index is 13.1. The van der Waals surface area contributed by atoms with Crippen molar-refractivity contribution in [2.45, 2.75) is 26.3 Å². The maximum atomic E-state index is 13.1. The topological polar surface area (TPSA) is 85.2 Å². The highest BCUT2D eigenvalue weighted by molar-refractivity contribution is 6.30. The molecule has 2 aromatic carbocycles. The van der Waals surface area contributed by atoms with Gasteiger partial charge in [-0.2, -0.15) is 4.98 Å². The van der Waals surface area contributed by atoms with Gasteiger partial charge in [-0.05, 0) is 43.7 Å². The highest BCUT2D eigenvalue weighted by Crippen LogP contribution is 2.45. The Hall–Kier alpha value is -3.84. The van der Waals surface area contributed by atoms with Crippen LogP contribution in [0.4, 0.5) is 17.3 Å². The lowest BCUT2D eigenvalue weighted by atomic mass is 9.81. The van der Waals surface area contributed by atoms with Gasteiger partial charge in [0.25, 0.3) is 0 Å². The van der Waals surface area contributed by atoms with Gasteiger partial charge in [0.05, 0.1) is 18.1 Å². The Morgan fingerprint density at radius 3 is 2.59 bits per heavy atom. The van der Waals surface area contributed by atoms with E-state index in [0.717, 1.165) is 5.56 Å². The average Bonchev–Trinajstić information content (AvgIpc) is 2.83. The maximum Gasteiger partial charge on any atom is 0.351 e. The highest BCUT2D eigenvalue weighted by atomic mass is 35.5. The molecule has 8 heteroatoms. The van der Waals surface area contributed by atoms with Crippen molar-refractivity contribution >= 4 is 34.9 Å². The Labute approximate surface area is 202 Å². The van der Waals surface area contributed by atoms with Crippen molar-refractivity contribution in [2.24, 2.45) is 0 Å². The number of ether oxygens (including phenoxy) is 1. The number of allylic oxidation sites excluding steroid dienone is 2. The van der Waals surface area contributed by atoms with Gasteiger partial charge in [0.1, 0.15) is 11.6 Å². The van der Waals surface area contributed by atoms with Gasteiger partial charge in [-0.1, -0.05) is 48.0 Å². The molecule has 0 bridgehead atoms. The molecule has 0 aliphatic carbocycles. The minimum Gasteiger partial charge on any atom is -0.463 e. The smallest absolute Gasteiger partial charge is 0.351 e. The van der Waals surface area contributed by atoms with Crippen molar-refractivity contribution in [3.63, 3.8) is 0 Å². The fourth-order valence-electron chi connectivity index (χ4n) is 4.11. The number of hydrogen-bond acceptors (Lipinski definition) is 6. The molecule has 4 rings (SSSR count). The zero-order chi connectivity index (χ0) is 24.2. The summed E-state index contributed by atoms with van der Waals surface area (Å²) in [5, 5.41) is 7.11. The summed E-state index contributed by atoms with van der Waals surface area (Å²) in [4.78, 5) is 30.5. The number of fused-ring (bicyclic) bond motifs is 1. The summed E-state index contributed by atoms with van der Waals surface area (Å²) >= 11 is 6.04. The molecule has 3 aromatic rings. The summed E-state index contributed by atoms with van der Waals surface area (Å²) in [6.45, 7) is 7.85. The second-order valence-electron chi connectivity index (χ2n) is 7.76. The summed E-state index contributed by atoms with van der Waals surface area (Å²) < 4.78 is 6.93. The number of anilines is 3. The molecule has 0 amide bonds. The first-order chi connectivity index (χ1) is 16.4. The third kappa shape index (κ3) is 4.47. The molecule has 1 unspecified atom stereocenters. The van der Waals surface area contributed by atoms with Crippen molar-refractivity contribution in [1.82, 2.24) is 9.55 Å². The Bertz CT molecular complexity index is 1310. The standard InChI is InChI=1S/C26H25ClN4O3/c1-4-15-31-24-22(23(30-26(31)33)29-19-13-11-18(27)12-14-19)21(17-9-7-6-8-10-17)20(16(3)28-24)25(32)34-5-2/h4,6-14,21,28H,1,5,15H2,2-3H3,(H,29,30,33). The number of aromatic nitrogens is 2. The number of benzene rings is 2. The number of halogens is 1. The van der Waals surface area contributed by atoms with E-state index in [1.807, 2.05) is 30.3 Å². The number of nitrogens with one attached hydrogen (secondary N) is 2. The van der Waals surface area contributed by atoms with Crippen LogP contribution in [0.3, 0.4) is 0 Å². The number of hydrogen-bond donors (Lipinski definition) is 2. The van der Waals surface area contributed by atoms with E-state index in [1.165, 1.54) is 4.57 Å². The van der Waals surface area contributed by atoms with E-state index in [0.29, 0.717) is 39.2 Å². The minimum absolute atomic E-state index is 0.244. The van der Waals surface area contributed by atoms with E-state index in [-0.39, 0.29) is 13.2 Å². The van der Waals surface area contributed by atoms with Gasteiger partial charge in [-0.15, -0.1) is 6.58 Å². The van der Waals surface area contributed by atoms with Gasteiger partial charge in [-0.3, -0.25) is 4.57 Å². The second-order valence-corrected chi connectivity index (χ2v) is 8.20. The fraction of sp³-hybridized carbons (Fsp3) is 0.192. The molecule has 0 spiro atoms. The Balaban J connectivity index is 2.00. The van der Waals surface area contributed by atoms with Gasteiger partial charge >= 0.3 is 11.7 Å². The van der Waals surface area contributed by atoms with Gasteiger partial charge < -0.3 is 15.4 Å². The average molecular weight is 477 g/mol. The summed E-state index contributed by atoms with van der Waals surface area (Å²) in [6, 6.07) is 16.7. The Morgan fingerprint density at radius 2 is 1.94 bits per heavy atom. The zero-order valence-corrected chi connectivity index (χ0v) is 19.7. The first-order valence-corrected chi connectivity index (χ1v) is 11.3. The van der Waals surface area contributed by atoms with Gasteiger partial charge in [-0.25, -0.2) is 9.59 Å². The lowest BCUT2D eigenvalue weighted by molar-refractivity contribution is -0.138. The number of carbonyl (C=O) groups is 1. The van der Waals surface area contributed by atoms with Crippen molar-refractivity contribution in [3.8, 4) is 0 Å². The first-order valence-electron chi connectivity index (χ1n) is 10.9. The van der Waals surface area contributed by atoms with E-state index >= 15 is 0 Å². The summed E-state index contributed by atoms with van der Waals surface area (Å²) in [5.41, 5.74) is 2.87. The number of nitrogens with zero attached hydrogens (tertiary/aromatic N) is 2. The molecule has 7 nitrogen and oxygen atoms in total. The lowest BCUT2D eigenvalue weighted by Crippen LogP contribution is -2.33. The Kier molecular flexibility index (Phi) is 6.84. The number of carbonyl (C=O) groups excluding carboxylic acids is 1. The van der Waals surface area contributed by atoms with Crippen LogP contribution in [-0.4, -0.2) is 22.1 Å². The van der Waals surface area contributed by atoms with Gasteiger partial charge in [0, 0.05) is 28.5 Å². The predicted octanol–water partition coefficient (Wildman–Crippen LogP) is 5.22. The van der Waals surface area contributed by atoms with Crippen LogP contribution < -0.4 is 16.3 Å². The van der Waals surface area contributed by atoms with Crippen LogP contribution in [0, 0.1) is 0 Å². The molecule has 0 saturated carbocycles. The molecule has 2 N–H and O–H groups in total. The zero-order valence-electron chi connectivity index (χ0n) is 19.0. The molecular weight excluding hydrogens is 452 g/mol. The third-order valence-electron chi connectivity index (χ3n) is 5.55. The fourth-order valence-corrected chi connectivity index (χ4v) is 4.23. The predicted molar refractivity (Wildman–Crippen MR) is 135 cm³/mol. The minimum atomic E-state index is -0.518. The van der Waals surface area contributed by atoms with Crippen LogP contribution in [0.25, 0.3) is 0 Å². The summed E-state index contributed by atoms with van der Waals surface area (Å²) in [6.07, 6.45) is 1.63. The van der Waals surface area contributed by atoms with Crippen molar-refractivity contribution < 1.29 is 9.53 Å². The second kappa shape index (κ2) is 9.97. The lowest BCUT2D eigenvalue weighted by Gasteiger charge is -2.32. The molecule has 0 fully saturated rings. The van der Waals surface area contributed by atoms with Crippen LogP contribution in [0.2, 0.25) is 5.02 Å². The summed E-state index contributed by atoms with van der Waals surface area (Å²) in [7, 11) is 0. The van der Waals surface area contributed by atoms with E-state index in [4.69, 9.17) is 16.3 Å². The van der Waals surface area contributed by atoms with Crippen LogP contribution in [0.5, 0.6) is 0 Å². The molecular formula is C26H25ClN4O3. The highest BCUT2D eigenvalue weighted by Gasteiger charge is 2.37.